The summed E-state index contributed by atoms with van der Waals surface area (Å²) in [7, 11) is 0. The van der Waals surface area contributed by atoms with Crippen molar-refractivity contribution < 1.29 is 4.42 Å². The van der Waals surface area contributed by atoms with Gasteiger partial charge in [-0.1, -0.05) is 18.2 Å². The molecule has 0 unspecified atom stereocenters. The first-order valence-corrected chi connectivity index (χ1v) is 4.68. The third-order valence-electron chi connectivity index (χ3n) is 2.01. The molecule has 2 heterocycles. The maximum absolute atomic E-state index is 5.61. The Balaban J connectivity index is 2.68. The van der Waals surface area contributed by atoms with Gasteiger partial charge in [0.2, 0.25) is 0 Å². The van der Waals surface area contributed by atoms with E-state index in [9.17, 15) is 0 Å². The molecule has 58 valence electrons. The lowest BCUT2D eigenvalue weighted by molar-refractivity contribution is 0.678. The van der Waals surface area contributed by atoms with Gasteiger partial charge in [0.05, 0.1) is 0 Å². The Hall–Kier alpha value is -1.28. The summed E-state index contributed by atoms with van der Waals surface area (Å²) in [5.74, 6) is 0. The van der Waals surface area contributed by atoms with Gasteiger partial charge in [0.1, 0.15) is 5.58 Å². The van der Waals surface area contributed by atoms with Crippen LogP contribution >= 0.6 is 11.3 Å². The van der Waals surface area contributed by atoms with Crippen LogP contribution < -0.4 is 0 Å². The monoisotopic (exact) mass is 174 g/mol. The van der Waals surface area contributed by atoms with Crippen molar-refractivity contribution in [3.05, 3.63) is 35.7 Å². The minimum Gasteiger partial charge on any atom is -0.445 e. The molecule has 0 saturated heterocycles. The fraction of sp³-hybridized carbons (Fsp3) is 0. The number of para-hydroxylation sites is 1. The normalized spacial score (nSPS) is 11.3. The van der Waals surface area contributed by atoms with E-state index in [0.29, 0.717) is 0 Å². The number of furan rings is 1. The van der Waals surface area contributed by atoms with Gasteiger partial charge in [0, 0.05) is 10.8 Å². The molecule has 2 aromatic heterocycles. The predicted octanol–water partition coefficient (Wildman–Crippen LogP) is 3.65. The van der Waals surface area contributed by atoms with Gasteiger partial charge in [-0.15, -0.1) is 11.3 Å². The number of hydrogen-bond acceptors (Lipinski definition) is 2. The highest BCUT2D eigenvalue weighted by Gasteiger charge is 2.05. The van der Waals surface area contributed by atoms with Crippen LogP contribution in [0.1, 0.15) is 0 Å². The van der Waals surface area contributed by atoms with Gasteiger partial charge in [-0.05, 0) is 17.5 Å². The van der Waals surface area contributed by atoms with Crippen molar-refractivity contribution in [2.24, 2.45) is 0 Å². The van der Waals surface area contributed by atoms with Crippen LogP contribution in [0.4, 0.5) is 0 Å². The van der Waals surface area contributed by atoms with Crippen LogP contribution in [-0.2, 0) is 0 Å². The number of thiophene rings is 1. The molecule has 0 spiro atoms. The van der Waals surface area contributed by atoms with Crippen molar-refractivity contribution in [2.45, 2.75) is 0 Å². The largest absolute Gasteiger partial charge is 0.445 e. The van der Waals surface area contributed by atoms with Crippen LogP contribution in [-0.4, -0.2) is 0 Å². The van der Waals surface area contributed by atoms with Gasteiger partial charge >= 0.3 is 0 Å². The smallest absolute Gasteiger partial charge is 0.188 e. The summed E-state index contributed by atoms with van der Waals surface area (Å²) in [5.41, 5.74) is 0.986. The molecule has 0 fully saturated rings. The molecule has 3 rings (SSSR count). The summed E-state index contributed by atoms with van der Waals surface area (Å²) >= 11 is 1.65. The summed E-state index contributed by atoms with van der Waals surface area (Å²) in [6.45, 7) is 0. The lowest BCUT2D eigenvalue weighted by Gasteiger charge is -1.83. The Morgan fingerprint density at radius 3 is 2.92 bits per heavy atom. The Labute approximate surface area is 73.2 Å². The molecule has 0 N–H and O–H groups in total. The molecule has 12 heavy (non-hydrogen) atoms. The van der Waals surface area contributed by atoms with E-state index in [0.717, 1.165) is 10.5 Å². The second-order valence-electron chi connectivity index (χ2n) is 2.72. The van der Waals surface area contributed by atoms with Crippen molar-refractivity contribution in [1.82, 2.24) is 0 Å². The van der Waals surface area contributed by atoms with Crippen LogP contribution in [0.5, 0.6) is 0 Å². The molecular weight excluding hydrogens is 168 g/mol. The minimum atomic E-state index is 0.986. The summed E-state index contributed by atoms with van der Waals surface area (Å²) in [5, 5.41) is 4.50. The zero-order valence-corrected chi connectivity index (χ0v) is 7.10. The van der Waals surface area contributed by atoms with Crippen molar-refractivity contribution in [2.75, 3.05) is 0 Å². The molecule has 0 radical (unpaired) electrons. The van der Waals surface area contributed by atoms with E-state index in [1.165, 1.54) is 10.8 Å². The SMILES string of the molecule is c1ccc2c(c1)oc1sccc12. The third-order valence-corrected chi connectivity index (χ3v) is 2.80. The van der Waals surface area contributed by atoms with E-state index in [1.807, 2.05) is 18.2 Å². The zero-order chi connectivity index (χ0) is 7.97. The van der Waals surface area contributed by atoms with Gasteiger partial charge in [0.25, 0.3) is 0 Å². The first kappa shape index (κ1) is 6.26. The number of fused-ring (bicyclic) bond motifs is 3. The van der Waals surface area contributed by atoms with Crippen LogP contribution in [0.15, 0.2) is 40.1 Å². The highest BCUT2D eigenvalue weighted by Crippen LogP contribution is 2.31. The molecule has 0 aliphatic carbocycles. The summed E-state index contributed by atoms with van der Waals surface area (Å²) < 4.78 is 5.61. The van der Waals surface area contributed by atoms with Gasteiger partial charge in [0.15, 0.2) is 4.90 Å². The van der Waals surface area contributed by atoms with Gasteiger partial charge in [-0.3, -0.25) is 0 Å². The zero-order valence-electron chi connectivity index (χ0n) is 6.28. The maximum Gasteiger partial charge on any atom is 0.188 e. The van der Waals surface area contributed by atoms with Gasteiger partial charge < -0.3 is 4.42 Å². The molecule has 2 heteroatoms. The first-order valence-electron chi connectivity index (χ1n) is 3.80. The van der Waals surface area contributed by atoms with E-state index in [2.05, 4.69) is 17.5 Å². The topological polar surface area (TPSA) is 13.1 Å². The Morgan fingerprint density at radius 2 is 1.92 bits per heavy atom. The molecule has 1 nitrogen and oxygen atoms in total. The summed E-state index contributed by atoms with van der Waals surface area (Å²) in [6.07, 6.45) is 0. The van der Waals surface area contributed by atoms with Crippen LogP contribution in [0.3, 0.4) is 0 Å². The fourth-order valence-electron chi connectivity index (χ4n) is 1.45. The molecule has 3 aromatic rings. The second kappa shape index (κ2) is 2.11. The summed E-state index contributed by atoms with van der Waals surface area (Å²) in [4.78, 5) is 1.02. The highest BCUT2D eigenvalue weighted by atomic mass is 32.1. The second-order valence-corrected chi connectivity index (χ2v) is 3.60. The van der Waals surface area contributed by atoms with E-state index < -0.39 is 0 Å². The summed E-state index contributed by atoms with van der Waals surface area (Å²) in [6, 6.07) is 10.2. The van der Waals surface area contributed by atoms with Gasteiger partial charge in [-0.2, -0.15) is 0 Å². The third kappa shape index (κ3) is 0.676. The molecule has 0 atom stereocenters. The highest BCUT2D eigenvalue weighted by molar-refractivity contribution is 7.16. The minimum absolute atomic E-state index is 0.986. The standard InChI is InChI=1S/C10H6OS/c1-2-4-9-7(3-1)8-5-6-12-10(8)11-9/h1-6H. The average Bonchev–Trinajstić information content (AvgIpc) is 2.62. The number of rotatable bonds is 0. The molecule has 1 aromatic carbocycles. The van der Waals surface area contributed by atoms with Gasteiger partial charge in [-0.25, -0.2) is 0 Å². The Kier molecular flexibility index (Phi) is 1.10. The lowest BCUT2D eigenvalue weighted by Crippen LogP contribution is -1.60. The number of benzene rings is 1. The Morgan fingerprint density at radius 1 is 1.00 bits per heavy atom. The van der Waals surface area contributed by atoms with Crippen molar-refractivity contribution in [3.63, 3.8) is 0 Å². The van der Waals surface area contributed by atoms with Crippen LogP contribution in [0, 0.1) is 0 Å². The molecular formula is C10H6OS. The van der Waals surface area contributed by atoms with Crippen molar-refractivity contribution in [3.8, 4) is 0 Å². The van der Waals surface area contributed by atoms with E-state index in [-0.39, 0.29) is 0 Å². The Bertz CT molecular complexity index is 532. The fourth-order valence-corrected chi connectivity index (χ4v) is 2.22. The average molecular weight is 174 g/mol. The van der Waals surface area contributed by atoms with Crippen LogP contribution in [0.25, 0.3) is 21.3 Å². The molecule has 0 aliphatic heterocycles. The molecule has 0 amide bonds. The maximum atomic E-state index is 5.61. The van der Waals surface area contributed by atoms with E-state index in [4.69, 9.17) is 4.42 Å². The lowest BCUT2D eigenvalue weighted by atomic mass is 10.2. The predicted molar refractivity (Wildman–Crippen MR) is 51.6 cm³/mol. The van der Waals surface area contributed by atoms with Crippen LogP contribution in [0.2, 0.25) is 0 Å². The first-order chi connectivity index (χ1) is 5.95. The quantitative estimate of drug-likeness (QED) is 0.507. The molecule has 0 aliphatic rings. The van der Waals surface area contributed by atoms with Crippen molar-refractivity contribution in [1.29, 1.82) is 0 Å². The molecule has 0 saturated carbocycles. The van der Waals surface area contributed by atoms with Crippen molar-refractivity contribution >= 4 is 32.6 Å². The number of hydrogen-bond donors (Lipinski definition) is 0. The molecule has 0 bridgehead atoms. The van der Waals surface area contributed by atoms with E-state index >= 15 is 0 Å². The van der Waals surface area contributed by atoms with E-state index in [1.54, 1.807) is 11.3 Å².